The van der Waals surface area contributed by atoms with Crippen LogP contribution in [0.1, 0.15) is 31.4 Å². The van der Waals surface area contributed by atoms with Crippen LogP contribution in [0.15, 0.2) is 29.1 Å². The van der Waals surface area contributed by atoms with Crippen molar-refractivity contribution in [3.8, 4) is 11.4 Å². The van der Waals surface area contributed by atoms with Crippen LogP contribution in [0.3, 0.4) is 0 Å². The molecule has 0 saturated heterocycles. The van der Waals surface area contributed by atoms with Crippen LogP contribution in [0.2, 0.25) is 0 Å². The molecule has 0 N–H and O–H groups in total. The lowest BCUT2D eigenvalue weighted by Gasteiger charge is -2.22. The number of rotatable bonds is 1. The lowest BCUT2D eigenvalue weighted by Crippen LogP contribution is -2.14. The van der Waals surface area contributed by atoms with Gasteiger partial charge in [-0.25, -0.2) is 4.98 Å². The van der Waals surface area contributed by atoms with E-state index in [1.54, 1.807) is 6.20 Å². The van der Waals surface area contributed by atoms with E-state index in [9.17, 15) is 0 Å². The van der Waals surface area contributed by atoms with E-state index < -0.39 is 0 Å². The molecule has 0 aliphatic carbocycles. The number of nitrogens with zero attached hydrogens (tertiary/aromatic N) is 3. The zero-order valence-electron chi connectivity index (χ0n) is 9.73. The van der Waals surface area contributed by atoms with Gasteiger partial charge in [-0.3, -0.25) is 4.98 Å². The van der Waals surface area contributed by atoms with E-state index in [2.05, 4.69) is 43.5 Å². The molecule has 0 radical (unpaired) electrons. The summed E-state index contributed by atoms with van der Waals surface area (Å²) in [6, 6.07) is 4.02. The predicted molar refractivity (Wildman–Crippen MR) is 70.8 cm³/mol. The normalized spacial score (nSPS) is 19.1. The molecule has 0 spiro atoms. The van der Waals surface area contributed by atoms with E-state index in [1.165, 1.54) is 18.5 Å². The zero-order chi connectivity index (χ0) is 11.8. The summed E-state index contributed by atoms with van der Waals surface area (Å²) < 4.78 is 3.32. The van der Waals surface area contributed by atoms with Gasteiger partial charge in [0.2, 0.25) is 0 Å². The smallest absolute Gasteiger partial charge is 0.143 e. The standard InChI is InChI=1S/C13H14BrN3/c1-9-4-3-7-17-11(9)12(14)16-13(17)10-5-2-6-15-8-10/h2,5-6,8-9H,3-4,7H2,1H3. The third-order valence-corrected chi connectivity index (χ3v) is 3.95. The van der Waals surface area contributed by atoms with Crippen LogP contribution < -0.4 is 0 Å². The summed E-state index contributed by atoms with van der Waals surface area (Å²) in [4.78, 5) is 8.82. The minimum atomic E-state index is 0.580. The second-order valence-electron chi connectivity index (χ2n) is 4.55. The van der Waals surface area contributed by atoms with Crippen molar-refractivity contribution in [2.45, 2.75) is 32.2 Å². The molecule has 88 valence electrons. The van der Waals surface area contributed by atoms with Gasteiger partial charge >= 0.3 is 0 Å². The number of halogens is 1. The summed E-state index contributed by atoms with van der Waals surface area (Å²) in [6.45, 7) is 3.33. The first-order chi connectivity index (χ1) is 8.27. The summed E-state index contributed by atoms with van der Waals surface area (Å²) in [6.07, 6.45) is 6.14. The van der Waals surface area contributed by atoms with E-state index in [0.717, 1.165) is 22.5 Å². The minimum Gasteiger partial charge on any atom is -0.327 e. The van der Waals surface area contributed by atoms with Crippen LogP contribution in [0, 0.1) is 0 Å². The molecule has 0 amide bonds. The van der Waals surface area contributed by atoms with Crippen molar-refractivity contribution >= 4 is 15.9 Å². The Bertz CT molecular complexity index is 533. The molecule has 2 aromatic heterocycles. The first-order valence-corrected chi connectivity index (χ1v) is 6.73. The van der Waals surface area contributed by atoms with Crippen molar-refractivity contribution in [2.75, 3.05) is 0 Å². The summed E-state index contributed by atoms with van der Waals surface area (Å²) in [7, 11) is 0. The number of pyridine rings is 1. The zero-order valence-corrected chi connectivity index (χ0v) is 11.3. The highest BCUT2D eigenvalue weighted by Crippen LogP contribution is 2.36. The molecule has 0 fully saturated rings. The van der Waals surface area contributed by atoms with Gasteiger partial charge in [-0.2, -0.15) is 0 Å². The van der Waals surface area contributed by atoms with Crippen molar-refractivity contribution in [3.05, 3.63) is 34.8 Å². The highest BCUT2D eigenvalue weighted by molar-refractivity contribution is 9.10. The van der Waals surface area contributed by atoms with E-state index in [-0.39, 0.29) is 0 Å². The lowest BCUT2D eigenvalue weighted by molar-refractivity contribution is 0.476. The van der Waals surface area contributed by atoms with Crippen LogP contribution in [0.5, 0.6) is 0 Å². The lowest BCUT2D eigenvalue weighted by atomic mass is 9.98. The Morgan fingerprint density at radius 3 is 3.12 bits per heavy atom. The minimum absolute atomic E-state index is 0.580. The average Bonchev–Trinajstić information content (AvgIpc) is 2.69. The van der Waals surface area contributed by atoms with Gasteiger partial charge in [0.1, 0.15) is 10.4 Å². The molecule has 1 unspecified atom stereocenters. The quantitative estimate of drug-likeness (QED) is 0.804. The Balaban J connectivity index is 2.17. The maximum atomic E-state index is 4.65. The first kappa shape index (κ1) is 11.0. The van der Waals surface area contributed by atoms with Gasteiger partial charge in [0.05, 0.1) is 5.69 Å². The fourth-order valence-corrected chi connectivity index (χ4v) is 3.31. The van der Waals surface area contributed by atoms with E-state index >= 15 is 0 Å². The molecule has 1 aliphatic heterocycles. The third-order valence-electron chi connectivity index (χ3n) is 3.37. The molecule has 0 saturated carbocycles. The Kier molecular flexibility index (Phi) is 2.74. The van der Waals surface area contributed by atoms with E-state index in [1.807, 2.05) is 12.3 Å². The van der Waals surface area contributed by atoms with Crippen LogP contribution in [0.25, 0.3) is 11.4 Å². The molecule has 17 heavy (non-hydrogen) atoms. The second-order valence-corrected chi connectivity index (χ2v) is 5.30. The van der Waals surface area contributed by atoms with Gasteiger partial charge < -0.3 is 4.57 Å². The van der Waals surface area contributed by atoms with E-state index in [0.29, 0.717) is 5.92 Å². The molecule has 1 aliphatic rings. The topological polar surface area (TPSA) is 30.7 Å². The third kappa shape index (κ3) is 1.80. The Labute approximate surface area is 109 Å². The number of fused-ring (bicyclic) bond motifs is 1. The van der Waals surface area contributed by atoms with Crippen LogP contribution in [0.4, 0.5) is 0 Å². The van der Waals surface area contributed by atoms with Gasteiger partial charge in [-0.05, 0) is 46.8 Å². The average molecular weight is 292 g/mol. The molecule has 2 aromatic rings. The maximum absolute atomic E-state index is 4.65. The summed E-state index contributed by atoms with van der Waals surface area (Å²) in [5, 5.41) is 0. The van der Waals surface area contributed by atoms with Crippen molar-refractivity contribution in [3.63, 3.8) is 0 Å². The Hall–Kier alpha value is -1.16. The monoisotopic (exact) mass is 291 g/mol. The first-order valence-electron chi connectivity index (χ1n) is 5.93. The van der Waals surface area contributed by atoms with E-state index in [4.69, 9.17) is 0 Å². The Morgan fingerprint density at radius 2 is 2.35 bits per heavy atom. The maximum Gasteiger partial charge on any atom is 0.143 e. The molecule has 3 heterocycles. The largest absolute Gasteiger partial charge is 0.327 e. The van der Waals surface area contributed by atoms with Gasteiger partial charge in [-0.1, -0.05) is 6.92 Å². The highest BCUT2D eigenvalue weighted by Gasteiger charge is 2.24. The van der Waals surface area contributed by atoms with Gasteiger partial charge in [0.25, 0.3) is 0 Å². The van der Waals surface area contributed by atoms with Crippen molar-refractivity contribution in [2.24, 2.45) is 0 Å². The summed E-state index contributed by atoms with van der Waals surface area (Å²) in [5.41, 5.74) is 2.42. The van der Waals surface area contributed by atoms with Crippen LogP contribution in [-0.4, -0.2) is 14.5 Å². The van der Waals surface area contributed by atoms with Crippen molar-refractivity contribution in [1.82, 2.24) is 14.5 Å². The number of hydrogen-bond donors (Lipinski definition) is 0. The fourth-order valence-electron chi connectivity index (χ4n) is 2.54. The molecule has 0 bridgehead atoms. The predicted octanol–water partition coefficient (Wildman–Crippen LogP) is 3.60. The second kappa shape index (κ2) is 4.26. The molecule has 0 aromatic carbocycles. The number of aromatic nitrogens is 3. The van der Waals surface area contributed by atoms with Gasteiger partial charge in [-0.15, -0.1) is 0 Å². The summed E-state index contributed by atoms with van der Waals surface area (Å²) >= 11 is 3.59. The van der Waals surface area contributed by atoms with Gasteiger partial charge in [0, 0.05) is 24.5 Å². The molecule has 4 heteroatoms. The number of hydrogen-bond acceptors (Lipinski definition) is 2. The van der Waals surface area contributed by atoms with Gasteiger partial charge in [0.15, 0.2) is 0 Å². The van der Waals surface area contributed by atoms with Crippen LogP contribution in [-0.2, 0) is 6.54 Å². The summed E-state index contributed by atoms with van der Waals surface area (Å²) in [5.74, 6) is 1.61. The Morgan fingerprint density at radius 1 is 1.47 bits per heavy atom. The molecule has 3 rings (SSSR count). The molecular formula is C13H14BrN3. The SMILES string of the molecule is CC1CCCn2c(-c3cccnc3)nc(Br)c21. The highest BCUT2D eigenvalue weighted by atomic mass is 79.9. The number of imidazole rings is 1. The van der Waals surface area contributed by atoms with Crippen molar-refractivity contribution < 1.29 is 0 Å². The fraction of sp³-hybridized carbons (Fsp3) is 0.385. The molecular weight excluding hydrogens is 278 g/mol. The van der Waals surface area contributed by atoms with Crippen LogP contribution >= 0.6 is 15.9 Å². The molecule has 1 atom stereocenters. The van der Waals surface area contributed by atoms with Crippen molar-refractivity contribution in [1.29, 1.82) is 0 Å². The molecule has 3 nitrogen and oxygen atoms in total.